The Labute approximate surface area is 213 Å². The Hall–Kier alpha value is -3.13. The second-order valence-corrected chi connectivity index (χ2v) is 10.7. The number of hydrogen-bond donors (Lipinski definition) is 1. The average molecular weight is 488 g/mol. The summed E-state index contributed by atoms with van der Waals surface area (Å²) in [6.45, 7) is 7.33. The van der Waals surface area contributed by atoms with E-state index >= 15 is 0 Å². The van der Waals surface area contributed by atoms with E-state index in [-0.39, 0.29) is 11.7 Å². The molecule has 3 aliphatic rings. The molecular formula is C28H37N7O. The van der Waals surface area contributed by atoms with E-state index in [0.29, 0.717) is 6.04 Å². The van der Waals surface area contributed by atoms with Crippen LogP contribution in [0.4, 0.5) is 11.4 Å². The van der Waals surface area contributed by atoms with Gasteiger partial charge in [0.15, 0.2) is 0 Å². The van der Waals surface area contributed by atoms with Crippen molar-refractivity contribution < 1.29 is 0 Å². The molecule has 6 rings (SSSR count). The Morgan fingerprint density at radius 2 is 1.86 bits per heavy atom. The molecule has 36 heavy (non-hydrogen) atoms. The summed E-state index contributed by atoms with van der Waals surface area (Å²) in [6.07, 6.45) is 17.0. The number of piperidine rings is 1. The van der Waals surface area contributed by atoms with Gasteiger partial charge in [-0.25, -0.2) is 4.98 Å². The van der Waals surface area contributed by atoms with Crippen LogP contribution in [0.5, 0.6) is 0 Å². The fourth-order valence-corrected chi connectivity index (χ4v) is 5.57. The van der Waals surface area contributed by atoms with Crippen LogP contribution in [0.3, 0.4) is 0 Å². The molecule has 0 aromatic carbocycles. The van der Waals surface area contributed by atoms with Gasteiger partial charge in [-0.3, -0.25) is 14.3 Å². The SMILES string of the molecule is CC(n1cnc(-c2cncc(N3CCCC3)c2)c1)n1ccc(N2CCC[C@@H](NCC3CC3)C2)cc1=O. The lowest BCUT2D eigenvalue weighted by Gasteiger charge is -2.35. The van der Waals surface area contributed by atoms with Gasteiger partial charge in [0.25, 0.3) is 5.56 Å². The van der Waals surface area contributed by atoms with Gasteiger partial charge in [0.1, 0.15) is 6.17 Å². The lowest BCUT2D eigenvalue weighted by Crippen LogP contribution is -2.46. The van der Waals surface area contributed by atoms with Crippen LogP contribution >= 0.6 is 0 Å². The van der Waals surface area contributed by atoms with Gasteiger partial charge < -0.3 is 19.7 Å². The molecule has 3 aromatic rings. The number of anilines is 2. The fourth-order valence-electron chi connectivity index (χ4n) is 5.57. The standard InChI is InChI=1S/C28H37N7O/c1-21(34-19-27(31-20-34)23-13-26(17-29-16-23)32-9-2-3-10-32)35-12-8-25(14-28(35)36)33-11-4-5-24(18-33)30-15-22-6-7-22/h8,12-14,16-17,19-22,24,30H,2-7,9-11,15,18H2,1H3/t21?,24-/m1/s1. The minimum absolute atomic E-state index is 0.0148. The molecule has 3 fully saturated rings. The van der Waals surface area contributed by atoms with Crippen LogP contribution in [0.15, 0.2) is 54.1 Å². The first kappa shape index (κ1) is 23.3. The zero-order chi connectivity index (χ0) is 24.5. The molecule has 0 spiro atoms. The summed E-state index contributed by atoms with van der Waals surface area (Å²) in [4.78, 5) is 27.0. The highest BCUT2D eigenvalue weighted by molar-refractivity contribution is 5.63. The van der Waals surface area contributed by atoms with E-state index in [0.717, 1.165) is 67.7 Å². The first-order chi connectivity index (χ1) is 17.6. The highest BCUT2D eigenvalue weighted by Crippen LogP contribution is 2.29. The van der Waals surface area contributed by atoms with Gasteiger partial charge in [-0.05, 0) is 70.0 Å². The molecule has 2 aliphatic heterocycles. The molecule has 0 radical (unpaired) electrons. The summed E-state index contributed by atoms with van der Waals surface area (Å²) in [5, 5.41) is 3.74. The number of nitrogens with one attached hydrogen (secondary N) is 1. The van der Waals surface area contributed by atoms with E-state index in [2.05, 4.69) is 37.2 Å². The van der Waals surface area contributed by atoms with Gasteiger partial charge in [-0.2, -0.15) is 0 Å². The zero-order valence-corrected chi connectivity index (χ0v) is 21.2. The van der Waals surface area contributed by atoms with Gasteiger partial charge in [0.2, 0.25) is 0 Å². The minimum Gasteiger partial charge on any atom is -0.370 e. The van der Waals surface area contributed by atoms with Crippen molar-refractivity contribution in [2.24, 2.45) is 5.92 Å². The third-order valence-corrected chi connectivity index (χ3v) is 8.04. The monoisotopic (exact) mass is 487 g/mol. The van der Waals surface area contributed by atoms with E-state index in [1.54, 1.807) is 10.6 Å². The quantitative estimate of drug-likeness (QED) is 0.522. The van der Waals surface area contributed by atoms with Crippen LogP contribution in [0.2, 0.25) is 0 Å². The van der Waals surface area contributed by atoms with Crippen LogP contribution in [0.1, 0.15) is 51.6 Å². The van der Waals surface area contributed by atoms with Crippen molar-refractivity contribution in [3.8, 4) is 11.3 Å². The molecular weight excluding hydrogens is 450 g/mol. The van der Waals surface area contributed by atoms with Gasteiger partial charge >= 0.3 is 0 Å². The van der Waals surface area contributed by atoms with Crippen molar-refractivity contribution in [1.29, 1.82) is 0 Å². The molecule has 2 saturated heterocycles. The molecule has 3 aromatic heterocycles. The third kappa shape index (κ3) is 5.05. The smallest absolute Gasteiger partial charge is 0.254 e. The molecule has 1 saturated carbocycles. The van der Waals surface area contributed by atoms with Gasteiger partial charge in [-0.1, -0.05) is 0 Å². The Morgan fingerprint density at radius 3 is 2.67 bits per heavy atom. The first-order valence-corrected chi connectivity index (χ1v) is 13.6. The van der Waals surface area contributed by atoms with Crippen molar-refractivity contribution in [3.05, 3.63) is 59.7 Å². The van der Waals surface area contributed by atoms with Crippen LogP contribution in [-0.2, 0) is 0 Å². The Bertz CT molecular complexity index is 1240. The van der Waals surface area contributed by atoms with E-state index in [4.69, 9.17) is 0 Å². The second-order valence-electron chi connectivity index (χ2n) is 10.7. The molecule has 1 unspecified atom stereocenters. The van der Waals surface area contributed by atoms with Crippen LogP contribution in [0, 0.1) is 5.92 Å². The molecule has 0 bridgehead atoms. The lowest BCUT2D eigenvalue weighted by molar-refractivity contribution is 0.415. The molecule has 8 nitrogen and oxygen atoms in total. The molecule has 0 amide bonds. The number of imidazole rings is 1. The maximum Gasteiger partial charge on any atom is 0.254 e. The van der Waals surface area contributed by atoms with E-state index in [1.807, 2.05) is 42.6 Å². The van der Waals surface area contributed by atoms with E-state index < -0.39 is 0 Å². The predicted molar refractivity (Wildman–Crippen MR) is 144 cm³/mol. The normalized spacial score (nSPS) is 21.2. The van der Waals surface area contributed by atoms with Crippen LogP contribution in [0.25, 0.3) is 11.3 Å². The molecule has 1 aliphatic carbocycles. The molecule has 5 heterocycles. The maximum absolute atomic E-state index is 13.1. The summed E-state index contributed by atoms with van der Waals surface area (Å²) in [6, 6.07) is 6.56. The number of hydrogen-bond acceptors (Lipinski definition) is 6. The van der Waals surface area contributed by atoms with E-state index in [1.165, 1.54) is 32.1 Å². The Morgan fingerprint density at radius 1 is 1.03 bits per heavy atom. The van der Waals surface area contributed by atoms with Gasteiger partial charge in [0.05, 0.1) is 23.9 Å². The second kappa shape index (κ2) is 10.1. The maximum atomic E-state index is 13.1. The first-order valence-electron chi connectivity index (χ1n) is 13.6. The highest BCUT2D eigenvalue weighted by Gasteiger charge is 2.25. The highest BCUT2D eigenvalue weighted by atomic mass is 16.1. The summed E-state index contributed by atoms with van der Waals surface area (Å²) < 4.78 is 3.78. The van der Waals surface area contributed by atoms with Gasteiger partial charge in [0, 0.05) is 68.1 Å². The van der Waals surface area contributed by atoms with Crippen molar-refractivity contribution in [1.82, 2.24) is 24.4 Å². The number of pyridine rings is 2. The van der Waals surface area contributed by atoms with Crippen molar-refractivity contribution in [3.63, 3.8) is 0 Å². The molecule has 1 N–H and O–H groups in total. The summed E-state index contributed by atoms with van der Waals surface area (Å²) in [5.41, 5.74) is 4.07. The summed E-state index contributed by atoms with van der Waals surface area (Å²) in [5.74, 6) is 0.889. The van der Waals surface area contributed by atoms with Crippen LogP contribution < -0.4 is 20.7 Å². The zero-order valence-electron chi connectivity index (χ0n) is 21.2. The topological polar surface area (TPSA) is 71.2 Å². The lowest BCUT2D eigenvalue weighted by atomic mass is 10.0. The molecule has 190 valence electrons. The fraction of sp³-hybridized carbons (Fsp3) is 0.536. The minimum atomic E-state index is -0.170. The predicted octanol–water partition coefficient (Wildman–Crippen LogP) is 3.74. The third-order valence-electron chi connectivity index (χ3n) is 8.04. The Balaban J connectivity index is 1.15. The summed E-state index contributed by atoms with van der Waals surface area (Å²) in [7, 11) is 0. The largest absolute Gasteiger partial charge is 0.370 e. The Kier molecular flexibility index (Phi) is 6.52. The van der Waals surface area contributed by atoms with Crippen molar-refractivity contribution in [2.75, 3.05) is 42.5 Å². The van der Waals surface area contributed by atoms with Crippen molar-refractivity contribution in [2.45, 2.75) is 57.7 Å². The molecule has 8 heteroatoms. The van der Waals surface area contributed by atoms with Gasteiger partial charge in [-0.15, -0.1) is 0 Å². The number of rotatable bonds is 8. The van der Waals surface area contributed by atoms with Crippen molar-refractivity contribution >= 4 is 11.4 Å². The number of aromatic nitrogens is 4. The molecule has 2 atom stereocenters. The number of nitrogens with zero attached hydrogens (tertiary/aromatic N) is 6. The van der Waals surface area contributed by atoms with Crippen LogP contribution in [-0.4, -0.2) is 57.9 Å². The van der Waals surface area contributed by atoms with E-state index in [9.17, 15) is 4.79 Å². The average Bonchev–Trinajstić information content (AvgIpc) is 3.35. The summed E-state index contributed by atoms with van der Waals surface area (Å²) >= 11 is 0.